The van der Waals surface area contributed by atoms with Gasteiger partial charge in [0.2, 0.25) is 0 Å². The third kappa shape index (κ3) is 5.43. The summed E-state index contributed by atoms with van der Waals surface area (Å²) in [5.41, 5.74) is 0.0127. The molecule has 112 valence electrons. The molecule has 0 amide bonds. The van der Waals surface area contributed by atoms with Gasteiger partial charge < -0.3 is 9.53 Å². The van der Waals surface area contributed by atoms with E-state index in [0.717, 1.165) is 38.4 Å². The number of alkyl halides is 1. The van der Waals surface area contributed by atoms with Crippen LogP contribution in [0.2, 0.25) is 0 Å². The minimum Gasteiger partial charge on any atom is -0.375 e. The summed E-state index contributed by atoms with van der Waals surface area (Å²) in [6, 6.07) is 0. The topological polar surface area (TPSA) is 26.3 Å². The fourth-order valence-corrected chi connectivity index (χ4v) is 3.54. The number of ether oxygens (including phenoxy) is 1. The number of hydrogen-bond donors (Lipinski definition) is 0. The Morgan fingerprint density at radius 3 is 2.47 bits per heavy atom. The van der Waals surface area contributed by atoms with E-state index in [0.29, 0.717) is 18.4 Å². The van der Waals surface area contributed by atoms with Crippen LogP contribution in [0.3, 0.4) is 0 Å². The largest absolute Gasteiger partial charge is 0.375 e. The summed E-state index contributed by atoms with van der Waals surface area (Å²) >= 11 is 6.42. The van der Waals surface area contributed by atoms with Crippen LogP contribution in [0.15, 0.2) is 0 Å². The van der Waals surface area contributed by atoms with E-state index in [4.69, 9.17) is 16.3 Å². The monoisotopic (exact) mass is 288 g/mol. The zero-order valence-corrected chi connectivity index (χ0v) is 13.6. The molecule has 1 aliphatic heterocycles. The molecule has 1 aliphatic rings. The Labute approximate surface area is 123 Å². The summed E-state index contributed by atoms with van der Waals surface area (Å²) in [5, 5.41) is 0.219. The summed E-state index contributed by atoms with van der Waals surface area (Å²) in [7, 11) is 0. The van der Waals surface area contributed by atoms with Crippen LogP contribution in [0.1, 0.15) is 66.2 Å². The van der Waals surface area contributed by atoms with Crippen LogP contribution in [0.25, 0.3) is 0 Å². The first-order chi connectivity index (χ1) is 8.91. The van der Waals surface area contributed by atoms with Gasteiger partial charge in [0, 0.05) is 11.8 Å². The molecule has 0 aromatic carbocycles. The molecule has 1 heterocycles. The van der Waals surface area contributed by atoms with Crippen molar-refractivity contribution in [3.63, 3.8) is 0 Å². The molecule has 3 heteroatoms. The SMILES string of the molecule is CCC(CC)[C@H]1C[C@@H](Cl)C[C@@H](CC(C)(C)CC=O)O1. The van der Waals surface area contributed by atoms with E-state index in [1.807, 2.05) is 0 Å². The van der Waals surface area contributed by atoms with Crippen molar-refractivity contribution in [2.45, 2.75) is 83.8 Å². The number of aldehydes is 1. The predicted molar refractivity (Wildman–Crippen MR) is 80.7 cm³/mol. The van der Waals surface area contributed by atoms with Crippen LogP contribution < -0.4 is 0 Å². The molecule has 1 rings (SSSR count). The van der Waals surface area contributed by atoms with Gasteiger partial charge in [-0.3, -0.25) is 0 Å². The molecular weight excluding hydrogens is 260 g/mol. The summed E-state index contributed by atoms with van der Waals surface area (Å²) in [4.78, 5) is 10.7. The normalized spacial score (nSPS) is 28.6. The predicted octanol–water partition coefficient (Wildman–Crippen LogP) is 4.58. The molecule has 1 fully saturated rings. The Balaban J connectivity index is 2.62. The average Bonchev–Trinajstić information content (AvgIpc) is 2.28. The highest BCUT2D eigenvalue weighted by Crippen LogP contribution is 2.36. The molecule has 0 aliphatic carbocycles. The Bertz CT molecular complexity index is 274. The number of carbonyl (C=O) groups excluding carboxylic acids is 1. The zero-order valence-electron chi connectivity index (χ0n) is 12.8. The lowest BCUT2D eigenvalue weighted by molar-refractivity contribution is -0.112. The van der Waals surface area contributed by atoms with E-state index in [2.05, 4.69) is 27.7 Å². The highest BCUT2D eigenvalue weighted by atomic mass is 35.5. The molecule has 0 aromatic rings. The van der Waals surface area contributed by atoms with E-state index >= 15 is 0 Å². The minimum atomic E-state index is 0.0127. The Kier molecular flexibility index (Phi) is 6.82. The number of carbonyl (C=O) groups is 1. The van der Waals surface area contributed by atoms with Gasteiger partial charge in [-0.15, -0.1) is 11.6 Å². The van der Waals surface area contributed by atoms with Crippen LogP contribution in [-0.2, 0) is 9.53 Å². The lowest BCUT2D eigenvalue weighted by Gasteiger charge is -2.39. The molecule has 0 spiro atoms. The molecule has 0 unspecified atom stereocenters. The van der Waals surface area contributed by atoms with Gasteiger partial charge in [-0.25, -0.2) is 0 Å². The van der Waals surface area contributed by atoms with E-state index in [9.17, 15) is 4.79 Å². The standard InChI is InChI=1S/C16H29ClO2/c1-5-12(6-2)15-10-13(17)9-14(19-15)11-16(3,4)7-8-18/h8,12-15H,5-7,9-11H2,1-4H3/t13-,14-,15+/m0/s1. The van der Waals surface area contributed by atoms with Crippen LogP contribution in [0.4, 0.5) is 0 Å². The third-order valence-corrected chi connectivity index (χ3v) is 4.72. The lowest BCUT2D eigenvalue weighted by Crippen LogP contribution is -2.39. The maximum atomic E-state index is 10.7. The second kappa shape index (κ2) is 7.64. The molecule has 19 heavy (non-hydrogen) atoms. The van der Waals surface area contributed by atoms with Gasteiger partial charge in [-0.05, 0) is 30.6 Å². The van der Waals surface area contributed by atoms with Crippen molar-refractivity contribution in [2.75, 3.05) is 0 Å². The van der Waals surface area contributed by atoms with Crippen molar-refractivity contribution >= 4 is 17.9 Å². The number of rotatable bonds is 7. The summed E-state index contributed by atoms with van der Waals surface area (Å²) in [5.74, 6) is 0.609. The highest BCUT2D eigenvalue weighted by Gasteiger charge is 2.34. The first kappa shape index (κ1) is 17.0. The van der Waals surface area contributed by atoms with E-state index < -0.39 is 0 Å². The zero-order chi connectivity index (χ0) is 14.5. The third-order valence-electron chi connectivity index (χ3n) is 4.36. The second-order valence-corrected chi connectivity index (χ2v) is 7.30. The van der Waals surface area contributed by atoms with Gasteiger partial charge in [0.25, 0.3) is 0 Å². The molecule has 0 radical (unpaired) electrons. The second-order valence-electron chi connectivity index (χ2n) is 6.68. The van der Waals surface area contributed by atoms with Gasteiger partial charge in [0.15, 0.2) is 0 Å². The van der Waals surface area contributed by atoms with E-state index in [-0.39, 0.29) is 16.9 Å². The van der Waals surface area contributed by atoms with E-state index in [1.54, 1.807) is 0 Å². The van der Waals surface area contributed by atoms with Gasteiger partial charge in [0.05, 0.1) is 12.2 Å². The van der Waals surface area contributed by atoms with Crippen molar-refractivity contribution in [1.29, 1.82) is 0 Å². The lowest BCUT2D eigenvalue weighted by atomic mass is 9.81. The summed E-state index contributed by atoms with van der Waals surface area (Å²) in [6.07, 6.45) is 7.21. The number of halogens is 1. The first-order valence-corrected chi connectivity index (χ1v) is 8.08. The smallest absolute Gasteiger partial charge is 0.120 e. The Morgan fingerprint density at radius 2 is 1.95 bits per heavy atom. The first-order valence-electron chi connectivity index (χ1n) is 7.65. The number of hydrogen-bond acceptors (Lipinski definition) is 2. The molecule has 0 bridgehead atoms. The quantitative estimate of drug-likeness (QED) is 0.506. The molecule has 1 saturated heterocycles. The van der Waals surface area contributed by atoms with Crippen LogP contribution in [-0.4, -0.2) is 23.9 Å². The Morgan fingerprint density at radius 1 is 1.32 bits per heavy atom. The molecule has 0 saturated carbocycles. The average molecular weight is 289 g/mol. The van der Waals surface area contributed by atoms with Crippen molar-refractivity contribution in [2.24, 2.45) is 11.3 Å². The van der Waals surface area contributed by atoms with Crippen LogP contribution >= 0.6 is 11.6 Å². The van der Waals surface area contributed by atoms with E-state index in [1.165, 1.54) is 0 Å². The maximum Gasteiger partial charge on any atom is 0.120 e. The van der Waals surface area contributed by atoms with Crippen molar-refractivity contribution in [3.05, 3.63) is 0 Å². The van der Waals surface area contributed by atoms with Gasteiger partial charge in [0.1, 0.15) is 6.29 Å². The van der Waals surface area contributed by atoms with Crippen LogP contribution in [0.5, 0.6) is 0 Å². The van der Waals surface area contributed by atoms with Gasteiger partial charge >= 0.3 is 0 Å². The van der Waals surface area contributed by atoms with Crippen molar-refractivity contribution in [3.8, 4) is 0 Å². The van der Waals surface area contributed by atoms with Gasteiger partial charge in [-0.2, -0.15) is 0 Å². The van der Waals surface area contributed by atoms with Gasteiger partial charge in [-0.1, -0.05) is 40.5 Å². The van der Waals surface area contributed by atoms with Crippen LogP contribution in [0, 0.1) is 11.3 Å². The Hall–Kier alpha value is -0.0800. The van der Waals surface area contributed by atoms with Crippen molar-refractivity contribution < 1.29 is 9.53 Å². The minimum absolute atomic E-state index is 0.0127. The van der Waals surface area contributed by atoms with Crippen molar-refractivity contribution in [1.82, 2.24) is 0 Å². The molecule has 2 nitrogen and oxygen atoms in total. The maximum absolute atomic E-state index is 10.7. The summed E-state index contributed by atoms with van der Waals surface area (Å²) in [6.45, 7) is 8.71. The summed E-state index contributed by atoms with van der Waals surface area (Å²) < 4.78 is 6.28. The molecule has 0 aromatic heterocycles. The fourth-order valence-electron chi connectivity index (χ4n) is 3.17. The molecule has 0 N–H and O–H groups in total. The molecular formula is C16H29ClO2. The highest BCUT2D eigenvalue weighted by molar-refractivity contribution is 6.20. The molecule has 3 atom stereocenters. The fraction of sp³-hybridized carbons (Fsp3) is 0.938.